The van der Waals surface area contributed by atoms with E-state index in [4.69, 9.17) is 23.2 Å². The molecular formula is C31H26Cl2N6O3S. The van der Waals surface area contributed by atoms with Crippen LogP contribution in [0.2, 0.25) is 10.0 Å². The predicted octanol–water partition coefficient (Wildman–Crippen LogP) is 8.19. The Bertz CT molecular complexity index is 1750. The molecule has 12 heteroatoms. The Morgan fingerprint density at radius 3 is 2.40 bits per heavy atom. The van der Waals surface area contributed by atoms with Crippen LogP contribution in [0.15, 0.2) is 102 Å². The summed E-state index contributed by atoms with van der Waals surface area (Å²) in [5, 5.41) is 27.3. The van der Waals surface area contributed by atoms with Gasteiger partial charge < -0.3 is 10.6 Å². The van der Waals surface area contributed by atoms with Crippen LogP contribution in [0.4, 0.5) is 16.2 Å². The van der Waals surface area contributed by atoms with E-state index in [9.17, 15) is 14.9 Å². The van der Waals surface area contributed by atoms with E-state index >= 15 is 0 Å². The largest absolute Gasteiger partial charge is 0.327 e. The molecule has 1 atom stereocenters. The number of non-ortho nitro benzene ring substituents is 1. The number of aryl methyl sites for hydroxylation is 1. The van der Waals surface area contributed by atoms with E-state index in [1.807, 2.05) is 60.0 Å². The van der Waals surface area contributed by atoms with Crippen LogP contribution >= 0.6 is 35.0 Å². The number of nitro groups is 1. The molecule has 0 aliphatic rings. The smallest absolute Gasteiger partial charge is 0.319 e. The lowest BCUT2D eigenvalue weighted by Gasteiger charge is -2.21. The lowest BCUT2D eigenvalue weighted by Crippen LogP contribution is -2.35. The van der Waals surface area contributed by atoms with Crippen molar-refractivity contribution in [2.75, 3.05) is 5.32 Å². The van der Waals surface area contributed by atoms with E-state index in [-0.39, 0.29) is 10.7 Å². The van der Waals surface area contributed by atoms with Crippen molar-refractivity contribution < 1.29 is 9.72 Å². The highest BCUT2D eigenvalue weighted by Gasteiger charge is 2.26. The second-order valence-electron chi connectivity index (χ2n) is 9.67. The minimum Gasteiger partial charge on any atom is -0.327 e. The van der Waals surface area contributed by atoms with Crippen molar-refractivity contribution >= 4 is 52.4 Å². The molecule has 43 heavy (non-hydrogen) atoms. The lowest BCUT2D eigenvalue weighted by molar-refractivity contribution is -0.384. The molecule has 5 rings (SSSR count). The van der Waals surface area contributed by atoms with Gasteiger partial charge in [0.05, 0.1) is 26.7 Å². The highest BCUT2D eigenvalue weighted by molar-refractivity contribution is 7.98. The zero-order valence-corrected chi connectivity index (χ0v) is 25.2. The fourth-order valence-corrected chi connectivity index (χ4v) is 5.74. The second kappa shape index (κ2) is 13.7. The quantitative estimate of drug-likeness (QED) is 0.0911. The number of nitrogens with one attached hydrogen (secondary N) is 2. The van der Waals surface area contributed by atoms with Crippen LogP contribution in [0.5, 0.6) is 0 Å². The first-order valence-electron chi connectivity index (χ1n) is 13.2. The Morgan fingerprint density at radius 2 is 1.67 bits per heavy atom. The number of carbonyl (C=O) groups excluding carboxylic acids is 1. The van der Waals surface area contributed by atoms with Gasteiger partial charge in [-0.25, -0.2) is 4.79 Å². The summed E-state index contributed by atoms with van der Waals surface area (Å²) in [6.07, 6.45) is 0.394. The number of benzene rings is 4. The van der Waals surface area contributed by atoms with E-state index in [0.717, 1.165) is 16.7 Å². The molecule has 2 N–H and O–H groups in total. The third-order valence-electron chi connectivity index (χ3n) is 6.53. The highest BCUT2D eigenvalue weighted by Crippen LogP contribution is 2.32. The molecular weight excluding hydrogens is 607 g/mol. The van der Waals surface area contributed by atoms with Gasteiger partial charge in [-0.15, -0.1) is 10.2 Å². The number of thioether (sulfide) groups is 1. The first kappa shape index (κ1) is 30.1. The summed E-state index contributed by atoms with van der Waals surface area (Å²) >= 11 is 13.9. The number of hydrogen-bond donors (Lipinski definition) is 2. The summed E-state index contributed by atoms with van der Waals surface area (Å²) in [5.74, 6) is 1.08. The SMILES string of the molecule is Cc1cccc(CSc2nnc(C(Cc3ccccc3)NC(=O)Nc3cccc(Cl)c3Cl)n2-c2ccc([N+](=O)[O-])cc2)c1. The topological polar surface area (TPSA) is 115 Å². The third-order valence-corrected chi connectivity index (χ3v) is 8.35. The van der Waals surface area contributed by atoms with Crippen LogP contribution in [0, 0.1) is 17.0 Å². The summed E-state index contributed by atoms with van der Waals surface area (Å²) in [7, 11) is 0. The zero-order chi connectivity index (χ0) is 30.3. The van der Waals surface area contributed by atoms with Crippen LogP contribution in [0.1, 0.15) is 28.6 Å². The average Bonchev–Trinajstić information content (AvgIpc) is 3.43. The number of rotatable bonds is 10. The summed E-state index contributed by atoms with van der Waals surface area (Å²) in [6.45, 7) is 2.03. The number of aromatic nitrogens is 3. The zero-order valence-electron chi connectivity index (χ0n) is 22.9. The van der Waals surface area contributed by atoms with Crippen molar-refractivity contribution in [2.45, 2.75) is 30.3 Å². The minimum atomic E-state index is -0.642. The third kappa shape index (κ3) is 7.53. The number of amides is 2. The maximum atomic E-state index is 13.3. The molecule has 0 aliphatic carbocycles. The van der Waals surface area contributed by atoms with E-state index < -0.39 is 17.0 Å². The van der Waals surface area contributed by atoms with Gasteiger partial charge in [-0.1, -0.05) is 101 Å². The van der Waals surface area contributed by atoms with Crippen molar-refractivity contribution in [2.24, 2.45) is 0 Å². The van der Waals surface area contributed by atoms with Crippen molar-refractivity contribution in [3.8, 4) is 5.69 Å². The normalized spacial score (nSPS) is 11.6. The summed E-state index contributed by atoms with van der Waals surface area (Å²) < 4.78 is 1.82. The molecule has 4 aromatic carbocycles. The predicted molar refractivity (Wildman–Crippen MR) is 170 cm³/mol. The van der Waals surface area contributed by atoms with Gasteiger partial charge in [-0.3, -0.25) is 14.7 Å². The molecule has 0 fully saturated rings. The molecule has 218 valence electrons. The van der Waals surface area contributed by atoms with Crippen molar-refractivity contribution in [3.63, 3.8) is 0 Å². The Kier molecular flexibility index (Phi) is 9.61. The van der Waals surface area contributed by atoms with Gasteiger partial charge in [0.2, 0.25) is 0 Å². The van der Waals surface area contributed by atoms with Crippen LogP contribution in [0.3, 0.4) is 0 Å². The van der Waals surface area contributed by atoms with Gasteiger partial charge in [0.1, 0.15) is 0 Å². The van der Waals surface area contributed by atoms with Gasteiger partial charge in [0, 0.05) is 30.0 Å². The van der Waals surface area contributed by atoms with E-state index in [1.54, 1.807) is 30.3 Å². The first-order chi connectivity index (χ1) is 20.8. The van der Waals surface area contributed by atoms with Gasteiger partial charge in [-0.05, 0) is 42.3 Å². The van der Waals surface area contributed by atoms with Crippen molar-refractivity contribution in [3.05, 3.63) is 140 Å². The second-order valence-corrected chi connectivity index (χ2v) is 11.4. The van der Waals surface area contributed by atoms with E-state index in [1.165, 1.54) is 23.9 Å². The van der Waals surface area contributed by atoms with Crippen LogP contribution in [-0.4, -0.2) is 25.7 Å². The number of nitrogens with zero attached hydrogens (tertiary/aromatic N) is 4. The minimum absolute atomic E-state index is 0.0379. The Hall–Kier alpha value is -4.38. The molecule has 5 aromatic rings. The molecule has 9 nitrogen and oxygen atoms in total. The highest BCUT2D eigenvalue weighted by atomic mass is 35.5. The number of nitro benzene ring substituents is 1. The molecule has 1 heterocycles. The number of hydrogen-bond acceptors (Lipinski definition) is 6. The lowest BCUT2D eigenvalue weighted by atomic mass is 10.1. The summed E-state index contributed by atoms with van der Waals surface area (Å²) in [5.41, 5.74) is 4.16. The number of halogens is 2. The summed E-state index contributed by atoms with van der Waals surface area (Å²) in [4.78, 5) is 24.2. The molecule has 0 saturated heterocycles. The molecule has 0 spiro atoms. The maximum absolute atomic E-state index is 13.3. The van der Waals surface area contributed by atoms with Crippen molar-refractivity contribution in [1.29, 1.82) is 0 Å². The molecule has 0 saturated carbocycles. The number of urea groups is 1. The standard InChI is InChI=1S/C31H26Cl2N6O3S/c1-20-7-5-10-22(17-20)19-43-31-37-36-29(38(31)23-13-15-24(16-14-23)39(41)42)27(18-21-8-3-2-4-9-21)35-30(40)34-26-12-6-11-25(32)28(26)33/h2-17,27H,18-19H2,1H3,(H2,34,35,40). The molecule has 1 aromatic heterocycles. The fourth-order valence-electron chi connectivity index (χ4n) is 4.49. The van der Waals surface area contributed by atoms with E-state index in [2.05, 4.69) is 26.9 Å². The van der Waals surface area contributed by atoms with Gasteiger partial charge in [0.25, 0.3) is 5.69 Å². The molecule has 0 aliphatic heterocycles. The number of carbonyl (C=O) groups is 1. The molecule has 1 unspecified atom stereocenters. The maximum Gasteiger partial charge on any atom is 0.319 e. The van der Waals surface area contributed by atoms with Crippen LogP contribution < -0.4 is 10.6 Å². The fraction of sp³-hybridized carbons (Fsp3) is 0.129. The molecule has 0 bridgehead atoms. The Balaban J connectivity index is 1.52. The van der Waals surface area contributed by atoms with Gasteiger partial charge >= 0.3 is 6.03 Å². The Labute approximate surface area is 262 Å². The molecule has 2 amide bonds. The first-order valence-corrected chi connectivity index (χ1v) is 15.0. The average molecular weight is 634 g/mol. The van der Waals surface area contributed by atoms with E-state index in [0.29, 0.717) is 39.6 Å². The van der Waals surface area contributed by atoms with Gasteiger partial charge in [0.15, 0.2) is 11.0 Å². The summed E-state index contributed by atoms with van der Waals surface area (Å²) in [6, 6.07) is 27.8. The Morgan fingerprint density at radius 1 is 0.953 bits per heavy atom. The van der Waals surface area contributed by atoms with Crippen LogP contribution in [0.25, 0.3) is 5.69 Å². The number of anilines is 1. The monoisotopic (exact) mass is 632 g/mol. The van der Waals surface area contributed by atoms with Gasteiger partial charge in [-0.2, -0.15) is 0 Å². The van der Waals surface area contributed by atoms with Crippen LogP contribution in [-0.2, 0) is 12.2 Å². The molecule has 0 radical (unpaired) electrons. The van der Waals surface area contributed by atoms with Crippen molar-refractivity contribution in [1.82, 2.24) is 20.1 Å².